The molecule has 2 aliphatic rings. The molecule has 2 saturated carbocycles. The van der Waals surface area contributed by atoms with Gasteiger partial charge in [0.15, 0.2) is 0 Å². The van der Waals surface area contributed by atoms with Crippen LogP contribution in [0, 0.1) is 35.5 Å². The Morgan fingerprint density at radius 1 is 0.920 bits per heavy atom. The number of rotatable bonds is 5. The van der Waals surface area contributed by atoms with Gasteiger partial charge in [-0.25, -0.2) is 0 Å². The first kappa shape index (κ1) is 20.4. The van der Waals surface area contributed by atoms with E-state index in [1.165, 1.54) is 51.4 Å². The molecule has 0 aliphatic heterocycles. The fraction of sp³-hybridized carbons (Fsp3) is 0.818. The maximum atomic E-state index is 12.6. The van der Waals surface area contributed by atoms with E-state index in [1.807, 2.05) is 6.08 Å². The molecule has 0 saturated heterocycles. The molecule has 0 aromatic rings. The van der Waals surface area contributed by atoms with Gasteiger partial charge in [-0.2, -0.15) is 13.2 Å². The quantitative estimate of drug-likeness (QED) is 0.359. The Hall–Kier alpha value is -0.910. The Labute approximate surface area is 151 Å². The second kappa shape index (κ2) is 10.3. The van der Waals surface area contributed by atoms with E-state index in [0.29, 0.717) is 18.8 Å². The van der Waals surface area contributed by atoms with Crippen LogP contribution >= 0.6 is 0 Å². The summed E-state index contributed by atoms with van der Waals surface area (Å²) < 4.78 is 37.9. The monoisotopic (exact) mass is 354 g/mol. The Balaban J connectivity index is 1.64. The predicted molar refractivity (Wildman–Crippen MR) is 98.0 cm³/mol. The van der Waals surface area contributed by atoms with Crippen LogP contribution < -0.4 is 0 Å². The molecule has 142 valence electrons. The van der Waals surface area contributed by atoms with E-state index in [4.69, 9.17) is 0 Å². The first-order chi connectivity index (χ1) is 12.0. The Kier molecular flexibility index (Phi) is 8.40. The molecule has 0 amide bonds. The van der Waals surface area contributed by atoms with Gasteiger partial charge in [-0.05, 0) is 69.3 Å². The Morgan fingerprint density at radius 3 is 2.20 bits per heavy atom. The fourth-order valence-electron chi connectivity index (χ4n) is 4.27. The summed E-state index contributed by atoms with van der Waals surface area (Å²) in [6.45, 7) is 2.25. The van der Waals surface area contributed by atoms with Gasteiger partial charge in [-0.15, -0.1) is 0 Å². The van der Waals surface area contributed by atoms with Crippen molar-refractivity contribution in [2.75, 3.05) is 0 Å². The summed E-state index contributed by atoms with van der Waals surface area (Å²) in [4.78, 5) is 0. The van der Waals surface area contributed by atoms with Crippen molar-refractivity contribution in [2.24, 2.45) is 23.7 Å². The van der Waals surface area contributed by atoms with Gasteiger partial charge >= 0.3 is 6.18 Å². The van der Waals surface area contributed by atoms with Crippen LogP contribution in [-0.2, 0) is 0 Å². The maximum Gasteiger partial charge on any atom is 0.391 e. The van der Waals surface area contributed by atoms with Crippen LogP contribution in [0.15, 0.2) is 12.2 Å². The van der Waals surface area contributed by atoms with E-state index >= 15 is 0 Å². The smallest absolute Gasteiger partial charge is 0.171 e. The van der Waals surface area contributed by atoms with E-state index in [1.54, 1.807) is 0 Å². The molecule has 2 fully saturated rings. The average Bonchev–Trinajstić information content (AvgIpc) is 2.60. The van der Waals surface area contributed by atoms with Crippen molar-refractivity contribution in [3.05, 3.63) is 12.2 Å². The molecule has 3 heteroatoms. The molecule has 25 heavy (non-hydrogen) atoms. The largest absolute Gasteiger partial charge is 0.391 e. The molecule has 2 aliphatic carbocycles. The van der Waals surface area contributed by atoms with Crippen molar-refractivity contribution in [1.29, 1.82) is 0 Å². The molecular weight excluding hydrogens is 321 g/mol. The molecule has 0 unspecified atom stereocenters. The summed E-state index contributed by atoms with van der Waals surface area (Å²) in [6, 6.07) is 0. The van der Waals surface area contributed by atoms with Crippen molar-refractivity contribution in [3.63, 3.8) is 0 Å². The summed E-state index contributed by atoms with van der Waals surface area (Å²) in [5, 5.41) is 0. The highest BCUT2D eigenvalue weighted by molar-refractivity contribution is 5.18. The minimum atomic E-state index is -4.02. The number of halogens is 3. The summed E-state index contributed by atoms with van der Waals surface area (Å²) in [5.74, 6) is 6.89. The van der Waals surface area contributed by atoms with Crippen molar-refractivity contribution in [2.45, 2.75) is 90.1 Å². The van der Waals surface area contributed by atoms with Gasteiger partial charge in [0, 0.05) is 5.92 Å². The van der Waals surface area contributed by atoms with E-state index in [9.17, 15) is 13.2 Å². The number of unbranched alkanes of at least 4 members (excludes halogenated alkanes) is 2. The van der Waals surface area contributed by atoms with Crippen LogP contribution in [0.1, 0.15) is 84.0 Å². The molecule has 0 spiro atoms. The second-order valence-corrected chi connectivity index (χ2v) is 8.01. The third-order valence-electron chi connectivity index (χ3n) is 6.04. The van der Waals surface area contributed by atoms with Gasteiger partial charge in [0.25, 0.3) is 0 Å². The van der Waals surface area contributed by atoms with Gasteiger partial charge in [-0.1, -0.05) is 50.5 Å². The molecule has 0 radical (unpaired) electrons. The Morgan fingerprint density at radius 2 is 1.60 bits per heavy atom. The number of allylic oxidation sites excluding steroid dienone is 2. The van der Waals surface area contributed by atoms with Crippen molar-refractivity contribution < 1.29 is 13.2 Å². The van der Waals surface area contributed by atoms with Crippen molar-refractivity contribution in [1.82, 2.24) is 0 Å². The molecule has 0 aromatic carbocycles. The molecule has 2 rings (SSSR count). The third-order valence-corrected chi connectivity index (χ3v) is 6.04. The van der Waals surface area contributed by atoms with Crippen LogP contribution in [-0.4, -0.2) is 6.18 Å². The molecule has 0 nitrogen and oxygen atoms in total. The highest BCUT2D eigenvalue weighted by atomic mass is 19.4. The molecule has 0 heterocycles. The van der Waals surface area contributed by atoms with Gasteiger partial charge in [-0.3, -0.25) is 0 Å². The predicted octanol–water partition coefficient (Wildman–Crippen LogP) is 7.30. The molecule has 0 N–H and O–H groups in total. The normalized spacial score (nSPS) is 30.9. The van der Waals surface area contributed by atoms with Gasteiger partial charge in [0.2, 0.25) is 0 Å². The summed E-state index contributed by atoms with van der Waals surface area (Å²) >= 11 is 0. The first-order valence-corrected chi connectivity index (χ1v) is 10.2. The highest BCUT2D eigenvalue weighted by Gasteiger charge is 2.41. The molecule has 0 bridgehead atoms. The lowest BCUT2D eigenvalue weighted by Crippen LogP contribution is -2.27. The fourth-order valence-corrected chi connectivity index (χ4v) is 4.27. The van der Waals surface area contributed by atoms with E-state index in [-0.39, 0.29) is 18.8 Å². The van der Waals surface area contributed by atoms with Crippen LogP contribution in [0.4, 0.5) is 13.2 Å². The van der Waals surface area contributed by atoms with Crippen LogP contribution in [0.3, 0.4) is 0 Å². The average molecular weight is 355 g/mol. The van der Waals surface area contributed by atoms with Gasteiger partial charge in [0.1, 0.15) is 0 Å². The van der Waals surface area contributed by atoms with Gasteiger partial charge in [0.05, 0.1) is 5.92 Å². The number of hydrogen-bond acceptors (Lipinski definition) is 0. The zero-order valence-electron chi connectivity index (χ0n) is 15.6. The van der Waals surface area contributed by atoms with Gasteiger partial charge < -0.3 is 0 Å². The van der Waals surface area contributed by atoms with Crippen LogP contribution in [0.2, 0.25) is 0 Å². The summed E-state index contributed by atoms with van der Waals surface area (Å²) in [7, 11) is 0. The first-order valence-electron chi connectivity index (χ1n) is 10.2. The SMILES string of the molecule is CCCCCC1CCC(C=CC#CC2CCC(C(F)(F)F)CC2)CC1. The van der Waals surface area contributed by atoms with Crippen molar-refractivity contribution >= 4 is 0 Å². The minimum Gasteiger partial charge on any atom is -0.171 e. The molecule has 0 aromatic heterocycles. The third kappa shape index (κ3) is 7.47. The second-order valence-electron chi connectivity index (χ2n) is 8.01. The lowest BCUT2D eigenvalue weighted by Gasteiger charge is -2.27. The van der Waals surface area contributed by atoms with Crippen molar-refractivity contribution in [3.8, 4) is 11.8 Å². The zero-order chi connectivity index (χ0) is 18.1. The minimum absolute atomic E-state index is 0.151. The van der Waals surface area contributed by atoms with Crippen LogP contribution in [0.5, 0.6) is 0 Å². The standard InChI is InChI=1S/C22H33F3/c1-2-3-4-7-18-10-12-19(13-11-18)8-5-6-9-20-14-16-21(17-15-20)22(23,24)25/h5,8,18-21H,2-4,7,10-17H2,1H3. The molecular formula is C22H33F3. The lowest BCUT2D eigenvalue weighted by atomic mass is 9.79. The zero-order valence-corrected chi connectivity index (χ0v) is 15.6. The highest BCUT2D eigenvalue weighted by Crippen LogP contribution is 2.39. The Bertz CT molecular complexity index is 450. The van der Waals surface area contributed by atoms with E-state index < -0.39 is 12.1 Å². The van der Waals surface area contributed by atoms with Crippen LogP contribution in [0.25, 0.3) is 0 Å². The summed E-state index contributed by atoms with van der Waals surface area (Å²) in [5.41, 5.74) is 0. The lowest BCUT2D eigenvalue weighted by molar-refractivity contribution is -0.182. The maximum absolute atomic E-state index is 12.6. The van der Waals surface area contributed by atoms with E-state index in [2.05, 4.69) is 24.8 Å². The topological polar surface area (TPSA) is 0 Å². The number of hydrogen-bond donors (Lipinski definition) is 0. The molecule has 0 atom stereocenters. The van der Waals surface area contributed by atoms with E-state index in [0.717, 1.165) is 5.92 Å². The number of alkyl halides is 3. The summed E-state index contributed by atoms with van der Waals surface area (Å²) in [6.07, 6.45) is 12.5.